The Hall–Kier alpha value is -1.47. The maximum atomic E-state index is 11.8. The van der Waals surface area contributed by atoms with E-state index < -0.39 is 0 Å². The number of nitrogens with zero attached hydrogens (tertiary/aromatic N) is 1. The molecule has 0 atom stereocenters. The molecule has 0 unspecified atom stereocenters. The number of rotatable bonds is 7. The van der Waals surface area contributed by atoms with Crippen LogP contribution in [0.1, 0.15) is 25.7 Å². The average Bonchev–Trinajstić information content (AvgIpc) is 2.82. The van der Waals surface area contributed by atoms with Crippen molar-refractivity contribution in [2.75, 3.05) is 39.5 Å². The number of hydrogen-bond donors (Lipinski definition) is 1. The number of nitrogens with one attached hydrogen (secondary N) is 1. The van der Waals surface area contributed by atoms with E-state index in [1.54, 1.807) is 0 Å². The van der Waals surface area contributed by atoms with Crippen LogP contribution in [0.25, 0.3) is 0 Å². The molecule has 2 aliphatic rings. The highest BCUT2D eigenvalue weighted by Crippen LogP contribution is 2.14. The van der Waals surface area contributed by atoms with Crippen LogP contribution in [-0.2, 0) is 23.9 Å². The molecule has 2 aliphatic heterocycles. The van der Waals surface area contributed by atoms with Gasteiger partial charge in [0.2, 0.25) is 17.7 Å². The SMILES string of the molecule is O=C(NCCOCCN1C(=O)CCC1=O)C1CCOCC1. The van der Waals surface area contributed by atoms with Gasteiger partial charge in [0.1, 0.15) is 0 Å². The Morgan fingerprint density at radius 2 is 1.86 bits per heavy atom. The first-order chi connectivity index (χ1) is 10.2. The van der Waals surface area contributed by atoms with E-state index in [0.717, 1.165) is 12.8 Å². The first kappa shape index (κ1) is 15.9. The molecule has 7 heteroatoms. The van der Waals surface area contributed by atoms with Crippen molar-refractivity contribution in [2.45, 2.75) is 25.7 Å². The zero-order valence-corrected chi connectivity index (χ0v) is 12.1. The second-order valence-corrected chi connectivity index (χ2v) is 5.23. The van der Waals surface area contributed by atoms with Gasteiger partial charge >= 0.3 is 0 Å². The minimum absolute atomic E-state index is 0.0404. The van der Waals surface area contributed by atoms with Crippen LogP contribution in [0, 0.1) is 5.92 Å². The van der Waals surface area contributed by atoms with Crippen molar-refractivity contribution in [1.29, 1.82) is 0 Å². The molecule has 3 amide bonds. The van der Waals surface area contributed by atoms with Crippen molar-refractivity contribution in [1.82, 2.24) is 10.2 Å². The zero-order valence-electron chi connectivity index (χ0n) is 12.1. The number of imide groups is 1. The fourth-order valence-corrected chi connectivity index (χ4v) is 2.48. The molecule has 21 heavy (non-hydrogen) atoms. The van der Waals surface area contributed by atoms with Crippen molar-refractivity contribution in [3.05, 3.63) is 0 Å². The molecule has 0 aromatic heterocycles. The van der Waals surface area contributed by atoms with Gasteiger partial charge in [-0.2, -0.15) is 0 Å². The van der Waals surface area contributed by atoms with Crippen LogP contribution < -0.4 is 5.32 Å². The Morgan fingerprint density at radius 3 is 2.52 bits per heavy atom. The maximum absolute atomic E-state index is 11.8. The fraction of sp³-hybridized carbons (Fsp3) is 0.786. The van der Waals surface area contributed by atoms with Gasteiger partial charge in [-0.05, 0) is 12.8 Å². The quantitative estimate of drug-likeness (QED) is 0.515. The lowest BCUT2D eigenvalue weighted by atomic mass is 9.99. The third-order valence-corrected chi connectivity index (χ3v) is 3.75. The normalized spacial score (nSPS) is 20.1. The number of amides is 3. The molecule has 2 heterocycles. The molecular formula is C14H22N2O5. The second-order valence-electron chi connectivity index (χ2n) is 5.23. The third-order valence-electron chi connectivity index (χ3n) is 3.75. The predicted molar refractivity (Wildman–Crippen MR) is 73.3 cm³/mol. The Bertz CT molecular complexity index is 377. The van der Waals surface area contributed by atoms with Gasteiger partial charge in [0.15, 0.2) is 0 Å². The van der Waals surface area contributed by atoms with E-state index in [4.69, 9.17) is 9.47 Å². The highest BCUT2D eigenvalue weighted by Gasteiger charge is 2.28. The third kappa shape index (κ3) is 4.78. The number of ether oxygens (including phenoxy) is 2. The highest BCUT2D eigenvalue weighted by atomic mass is 16.5. The summed E-state index contributed by atoms with van der Waals surface area (Å²) in [5.74, 6) is -0.168. The lowest BCUT2D eigenvalue weighted by molar-refractivity contribution is -0.139. The Kier molecular flexibility index (Phi) is 6.13. The predicted octanol–water partition coefficient (Wildman–Crippen LogP) is -0.305. The van der Waals surface area contributed by atoms with Gasteiger partial charge in [0.25, 0.3) is 0 Å². The summed E-state index contributed by atoms with van der Waals surface area (Å²) in [5.41, 5.74) is 0. The standard InChI is InChI=1S/C14H22N2O5/c17-12-1-2-13(18)16(12)6-10-21-9-5-15-14(19)11-3-7-20-8-4-11/h11H,1-10H2,(H,15,19). The molecule has 7 nitrogen and oxygen atoms in total. The van der Waals surface area contributed by atoms with E-state index in [1.807, 2.05) is 0 Å². The van der Waals surface area contributed by atoms with Crippen LogP contribution in [-0.4, -0.2) is 62.1 Å². The van der Waals surface area contributed by atoms with Crippen LogP contribution in [0.2, 0.25) is 0 Å². The number of likely N-dealkylation sites (tertiary alicyclic amines) is 1. The Balaban J connectivity index is 1.51. The molecule has 0 aromatic carbocycles. The number of carbonyl (C=O) groups is 3. The highest BCUT2D eigenvalue weighted by molar-refractivity contribution is 6.01. The molecule has 2 rings (SSSR count). The first-order valence-electron chi connectivity index (χ1n) is 7.45. The van der Waals surface area contributed by atoms with Crippen LogP contribution in [0.4, 0.5) is 0 Å². The summed E-state index contributed by atoms with van der Waals surface area (Å²) in [6.07, 6.45) is 2.15. The molecule has 118 valence electrons. The van der Waals surface area contributed by atoms with Crippen LogP contribution >= 0.6 is 0 Å². The molecule has 2 fully saturated rings. The van der Waals surface area contributed by atoms with Crippen LogP contribution in [0.5, 0.6) is 0 Å². The van der Waals surface area contributed by atoms with E-state index in [-0.39, 0.29) is 23.6 Å². The van der Waals surface area contributed by atoms with Gasteiger partial charge in [-0.25, -0.2) is 0 Å². The molecule has 0 radical (unpaired) electrons. The fourth-order valence-electron chi connectivity index (χ4n) is 2.48. The molecular weight excluding hydrogens is 276 g/mol. The van der Waals surface area contributed by atoms with E-state index in [1.165, 1.54) is 4.90 Å². The maximum Gasteiger partial charge on any atom is 0.229 e. The monoisotopic (exact) mass is 298 g/mol. The van der Waals surface area contributed by atoms with E-state index in [0.29, 0.717) is 52.4 Å². The van der Waals surface area contributed by atoms with E-state index >= 15 is 0 Å². The molecule has 0 aliphatic carbocycles. The Labute approximate surface area is 123 Å². The van der Waals surface area contributed by atoms with Gasteiger partial charge in [0.05, 0.1) is 19.8 Å². The summed E-state index contributed by atoms with van der Waals surface area (Å²) in [6, 6.07) is 0. The minimum atomic E-state index is -0.128. The zero-order chi connectivity index (χ0) is 15.1. The van der Waals surface area contributed by atoms with Gasteiger partial charge in [-0.3, -0.25) is 19.3 Å². The first-order valence-corrected chi connectivity index (χ1v) is 7.45. The summed E-state index contributed by atoms with van der Waals surface area (Å²) >= 11 is 0. The van der Waals surface area contributed by atoms with E-state index in [9.17, 15) is 14.4 Å². The molecule has 0 aromatic rings. The minimum Gasteiger partial charge on any atom is -0.381 e. The largest absolute Gasteiger partial charge is 0.381 e. The van der Waals surface area contributed by atoms with Gasteiger partial charge < -0.3 is 14.8 Å². The number of hydrogen-bond acceptors (Lipinski definition) is 5. The second kappa shape index (κ2) is 8.09. The van der Waals surface area contributed by atoms with Crippen LogP contribution in [0.15, 0.2) is 0 Å². The average molecular weight is 298 g/mol. The van der Waals surface area contributed by atoms with Crippen LogP contribution in [0.3, 0.4) is 0 Å². The van der Waals surface area contributed by atoms with Crippen molar-refractivity contribution in [3.63, 3.8) is 0 Å². The smallest absolute Gasteiger partial charge is 0.229 e. The molecule has 1 N–H and O–H groups in total. The summed E-state index contributed by atoms with van der Waals surface area (Å²) in [4.78, 5) is 35.7. The summed E-state index contributed by atoms with van der Waals surface area (Å²) < 4.78 is 10.6. The number of carbonyl (C=O) groups excluding carboxylic acids is 3. The van der Waals surface area contributed by atoms with E-state index in [2.05, 4.69) is 5.32 Å². The van der Waals surface area contributed by atoms with Crippen molar-refractivity contribution >= 4 is 17.7 Å². The summed E-state index contributed by atoms with van der Waals surface area (Å²) in [7, 11) is 0. The lowest BCUT2D eigenvalue weighted by Crippen LogP contribution is -2.36. The topological polar surface area (TPSA) is 84.9 Å². The van der Waals surface area contributed by atoms with Crippen molar-refractivity contribution in [2.24, 2.45) is 5.92 Å². The van der Waals surface area contributed by atoms with Crippen molar-refractivity contribution in [3.8, 4) is 0 Å². The summed E-state index contributed by atoms with van der Waals surface area (Å²) in [5, 5.41) is 2.83. The Morgan fingerprint density at radius 1 is 1.19 bits per heavy atom. The van der Waals surface area contributed by atoms with Gasteiger partial charge in [-0.1, -0.05) is 0 Å². The lowest BCUT2D eigenvalue weighted by Gasteiger charge is -2.21. The molecule has 0 saturated carbocycles. The van der Waals surface area contributed by atoms with Gasteiger partial charge in [0, 0.05) is 38.5 Å². The molecule has 2 saturated heterocycles. The summed E-state index contributed by atoms with van der Waals surface area (Å²) in [6.45, 7) is 2.72. The van der Waals surface area contributed by atoms with Gasteiger partial charge in [-0.15, -0.1) is 0 Å². The molecule has 0 bridgehead atoms. The van der Waals surface area contributed by atoms with Crippen molar-refractivity contribution < 1.29 is 23.9 Å². The molecule has 0 spiro atoms.